The highest BCUT2D eigenvalue weighted by molar-refractivity contribution is 6.30. The van der Waals surface area contributed by atoms with Crippen molar-refractivity contribution in [2.45, 2.75) is 38.5 Å². The zero-order valence-corrected chi connectivity index (χ0v) is 20.3. The van der Waals surface area contributed by atoms with Gasteiger partial charge in [-0.05, 0) is 74.5 Å². The molecule has 1 saturated heterocycles. The minimum Gasteiger partial charge on any atom is -0.354 e. The van der Waals surface area contributed by atoms with Crippen molar-refractivity contribution in [2.75, 3.05) is 32.7 Å². The molecule has 1 N–H and O–H groups in total. The molecular formula is C27H33ClN4O2. The molecule has 0 aromatic heterocycles. The molecule has 0 atom stereocenters. The average molecular weight is 481 g/mol. The molecule has 34 heavy (non-hydrogen) atoms. The van der Waals surface area contributed by atoms with Gasteiger partial charge >= 0.3 is 0 Å². The largest absolute Gasteiger partial charge is 0.354 e. The number of carbonyl (C=O) groups is 2. The zero-order valence-electron chi connectivity index (χ0n) is 19.6. The van der Waals surface area contributed by atoms with E-state index in [2.05, 4.69) is 45.6 Å². The molecule has 2 heterocycles. The van der Waals surface area contributed by atoms with Crippen LogP contribution in [0.4, 0.5) is 0 Å². The first-order chi connectivity index (χ1) is 16.6. The van der Waals surface area contributed by atoms with Gasteiger partial charge in [-0.25, -0.2) is 5.01 Å². The van der Waals surface area contributed by atoms with Crippen LogP contribution in [0.1, 0.15) is 43.2 Å². The molecule has 6 nitrogen and oxygen atoms in total. The summed E-state index contributed by atoms with van der Waals surface area (Å²) in [5.74, 6) is 0.473. The summed E-state index contributed by atoms with van der Waals surface area (Å²) in [4.78, 5) is 27.1. The van der Waals surface area contributed by atoms with E-state index in [1.165, 1.54) is 29.8 Å². The molecular weight excluding hydrogens is 448 g/mol. The zero-order chi connectivity index (χ0) is 23.8. The predicted octanol–water partition coefficient (Wildman–Crippen LogP) is 4.13. The minimum absolute atomic E-state index is 0.0409. The van der Waals surface area contributed by atoms with Gasteiger partial charge in [0.25, 0.3) is 0 Å². The smallest absolute Gasteiger partial charge is 0.243 e. The number of benzene rings is 2. The Labute approximate surface area is 207 Å². The monoisotopic (exact) mass is 480 g/mol. The molecule has 2 aromatic rings. The van der Waals surface area contributed by atoms with E-state index in [0.717, 1.165) is 43.2 Å². The van der Waals surface area contributed by atoms with Crippen LogP contribution < -0.4 is 5.32 Å². The van der Waals surface area contributed by atoms with Gasteiger partial charge in [0.1, 0.15) is 6.54 Å². The summed E-state index contributed by atoms with van der Waals surface area (Å²) in [6.45, 7) is 3.80. The number of hydrazone groups is 1. The first kappa shape index (κ1) is 24.4. The number of hydrogen-bond acceptors (Lipinski definition) is 4. The van der Waals surface area contributed by atoms with Gasteiger partial charge in [-0.3, -0.25) is 9.59 Å². The summed E-state index contributed by atoms with van der Waals surface area (Å²) < 4.78 is 0. The molecule has 0 bridgehead atoms. The molecule has 2 aliphatic rings. The second-order valence-electron chi connectivity index (χ2n) is 9.18. The van der Waals surface area contributed by atoms with Crippen molar-refractivity contribution in [1.29, 1.82) is 0 Å². The van der Waals surface area contributed by atoms with E-state index in [0.29, 0.717) is 24.4 Å². The number of amides is 2. The van der Waals surface area contributed by atoms with Crippen LogP contribution >= 0.6 is 11.6 Å². The van der Waals surface area contributed by atoms with Crippen LogP contribution in [-0.4, -0.2) is 60.2 Å². The lowest BCUT2D eigenvalue weighted by Gasteiger charge is -2.32. The number of carbonyl (C=O) groups excluding carboxylic acids is 2. The highest BCUT2D eigenvalue weighted by Gasteiger charge is 2.23. The molecule has 2 aliphatic heterocycles. The molecule has 7 heteroatoms. The number of nitrogens with zero attached hydrogens (tertiary/aromatic N) is 3. The first-order valence-corrected chi connectivity index (χ1v) is 12.6. The van der Waals surface area contributed by atoms with Crippen LogP contribution in [0, 0.1) is 5.92 Å². The maximum atomic E-state index is 12.4. The molecule has 2 aromatic carbocycles. The Hall–Kier alpha value is -2.70. The molecule has 0 saturated carbocycles. The predicted molar refractivity (Wildman–Crippen MR) is 136 cm³/mol. The van der Waals surface area contributed by atoms with Crippen LogP contribution in [0.15, 0.2) is 59.7 Å². The van der Waals surface area contributed by atoms with E-state index in [9.17, 15) is 9.59 Å². The van der Waals surface area contributed by atoms with E-state index in [4.69, 9.17) is 11.6 Å². The van der Waals surface area contributed by atoms with Crippen molar-refractivity contribution in [3.63, 3.8) is 0 Å². The molecule has 4 rings (SSSR count). The number of nitrogens with one attached hydrogen (secondary N) is 1. The number of piperidine rings is 1. The molecule has 2 amide bonds. The highest BCUT2D eigenvalue weighted by atomic mass is 35.5. The fraction of sp³-hybridized carbons (Fsp3) is 0.444. The Balaban J connectivity index is 1.14. The van der Waals surface area contributed by atoms with Gasteiger partial charge in [-0.15, -0.1) is 0 Å². The lowest BCUT2D eigenvalue weighted by Crippen LogP contribution is -2.41. The SMILES string of the molecule is O=C(CN1N=C(c2ccc(Cl)cc2)CCC1=O)NCCCN1CCC(Cc2ccccc2)CC1. The summed E-state index contributed by atoms with van der Waals surface area (Å²) in [7, 11) is 0. The number of hydrogen-bond donors (Lipinski definition) is 1. The molecule has 180 valence electrons. The highest BCUT2D eigenvalue weighted by Crippen LogP contribution is 2.22. The summed E-state index contributed by atoms with van der Waals surface area (Å²) in [6.07, 6.45) is 5.46. The van der Waals surface area contributed by atoms with Crippen molar-refractivity contribution in [1.82, 2.24) is 15.2 Å². The lowest BCUT2D eigenvalue weighted by molar-refractivity contribution is -0.136. The summed E-state index contributed by atoms with van der Waals surface area (Å²) in [5.41, 5.74) is 3.16. The van der Waals surface area contributed by atoms with E-state index >= 15 is 0 Å². The average Bonchev–Trinajstić information content (AvgIpc) is 2.85. The van der Waals surface area contributed by atoms with E-state index in [-0.39, 0.29) is 18.4 Å². The van der Waals surface area contributed by atoms with Crippen molar-refractivity contribution >= 4 is 29.1 Å². The van der Waals surface area contributed by atoms with E-state index in [1.54, 1.807) is 12.1 Å². The Morgan fingerprint density at radius 1 is 1.03 bits per heavy atom. The van der Waals surface area contributed by atoms with Gasteiger partial charge in [0.05, 0.1) is 5.71 Å². The number of halogens is 1. The Morgan fingerprint density at radius 2 is 1.76 bits per heavy atom. The number of rotatable bonds is 9. The van der Waals surface area contributed by atoms with Gasteiger partial charge in [0.15, 0.2) is 0 Å². The van der Waals surface area contributed by atoms with Crippen LogP contribution in [0.2, 0.25) is 5.02 Å². The quantitative estimate of drug-likeness (QED) is 0.549. The van der Waals surface area contributed by atoms with Crippen LogP contribution in [0.25, 0.3) is 0 Å². The first-order valence-electron chi connectivity index (χ1n) is 12.2. The van der Waals surface area contributed by atoms with Crippen molar-refractivity contribution in [3.05, 3.63) is 70.7 Å². The second-order valence-corrected chi connectivity index (χ2v) is 9.62. The minimum atomic E-state index is -0.170. The molecule has 0 aliphatic carbocycles. The van der Waals surface area contributed by atoms with Gasteiger partial charge < -0.3 is 10.2 Å². The lowest BCUT2D eigenvalue weighted by atomic mass is 9.90. The summed E-state index contributed by atoms with van der Waals surface area (Å²) in [5, 5.41) is 9.33. The van der Waals surface area contributed by atoms with Gasteiger partial charge in [0.2, 0.25) is 11.8 Å². The Bertz CT molecular complexity index is 985. The maximum Gasteiger partial charge on any atom is 0.243 e. The second kappa shape index (κ2) is 12.1. The Kier molecular flexibility index (Phi) is 8.72. The van der Waals surface area contributed by atoms with Gasteiger partial charge in [-0.2, -0.15) is 5.10 Å². The topological polar surface area (TPSA) is 65.0 Å². The van der Waals surface area contributed by atoms with Gasteiger partial charge in [0, 0.05) is 24.4 Å². The third-order valence-corrected chi connectivity index (χ3v) is 6.88. The van der Waals surface area contributed by atoms with Gasteiger partial charge in [-0.1, -0.05) is 54.1 Å². The van der Waals surface area contributed by atoms with E-state index < -0.39 is 0 Å². The van der Waals surface area contributed by atoms with Crippen LogP contribution in [0.3, 0.4) is 0 Å². The summed E-state index contributed by atoms with van der Waals surface area (Å²) >= 11 is 5.96. The molecule has 0 unspecified atom stereocenters. The van der Waals surface area contributed by atoms with Crippen LogP contribution in [-0.2, 0) is 16.0 Å². The number of likely N-dealkylation sites (tertiary alicyclic amines) is 1. The maximum absolute atomic E-state index is 12.4. The molecule has 0 radical (unpaired) electrons. The van der Waals surface area contributed by atoms with Crippen LogP contribution in [0.5, 0.6) is 0 Å². The van der Waals surface area contributed by atoms with E-state index in [1.807, 2.05) is 12.1 Å². The molecule has 1 fully saturated rings. The standard InChI is InChI=1S/C27H33ClN4O2/c28-24-9-7-23(8-10-24)25-11-12-27(34)32(30-25)20-26(33)29-15-4-16-31-17-13-22(14-18-31)19-21-5-2-1-3-6-21/h1-3,5-10,22H,4,11-20H2,(H,29,33). The van der Waals surface area contributed by atoms with Crippen molar-refractivity contribution < 1.29 is 9.59 Å². The third-order valence-electron chi connectivity index (χ3n) is 6.62. The van der Waals surface area contributed by atoms with Crippen molar-refractivity contribution in [3.8, 4) is 0 Å². The normalized spacial score (nSPS) is 17.5. The molecule has 0 spiro atoms. The summed E-state index contributed by atoms with van der Waals surface area (Å²) in [6, 6.07) is 18.1. The Morgan fingerprint density at radius 3 is 2.50 bits per heavy atom. The fourth-order valence-electron chi connectivity index (χ4n) is 4.66. The third kappa shape index (κ3) is 7.15. The fourth-order valence-corrected chi connectivity index (χ4v) is 4.78. The van der Waals surface area contributed by atoms with Crippen molar-refractivity contribution in [2.24, 2.45) is 11.0 Å².